The number of rotatable bonds is 11. The van der Waals surface area contributed by atoms with Crippen LogP contribution in [0.4, 0.5) is 5.82 Å². The zero-order chi connectivity index (χ0) is 20.0. The molecule has 1 aliphatic rings. The topological polar surface area (TPSA) is 65.0 Å². The van der Waals surface area contributed by atoms with Crippen LogP contribution in [0.1, 0.15) is 38.7 Å². The second kappa shape index (κ2) is 13.3. The van der Waals surface area contributed by atoms with Crippen LogP contribution in [0.3, 0.4) is 0 Å². The lowest BCUT2D eigenvalue weighted by atomic mass is 10.2. The standard InChI is InChI=1S/C21H38N6O/c1-4-6-15-28-16-7-10-23-21(22-3)25-18-19-8-9-20(24-17-19)27-13-11-26(5-2)12-14-27/h8-9,17H,4-7,10-16,18H2,1-3H3,(H2,22,23,25). The number of likely N-dealkylation sites (N-methyl/N-ethyl adjacent to an activating group) is 1. The first-order chi connectivity index (χ1) is 13.8. The maximum atomic E-state index is 5.58. The third-order valence-corrected chi connectivity index (χ3v) is 5.04. The summed E-state index contributed by atoms with van der Waals surface area (Å²) in [4.78, 5) is 13.8. The van der Waals surface area contributed by atoms with E-state index in [0.29, 0.717) is 6.54 Å². The van der Waals surface area contributed by atoms with Crippen LogP contribution in [0.15, 0.2) is 23.3 Å². The molecule has 0 unspecified atom stereocenters. The fourth-order valence-corrected chi connectivity index (χ4v) is 3.14. The van der Waals surface area contributed by atoms with E-state index in [-0.39, 0.29) is 0 Å². The van der Waals surface area contributed by atoms with Crippen molar-refractivity contribution in [3.05, 3.63) is 23.9 Å². The second-order valence-electron chi connectivity index (χ2n) is 7.12. The van der Waals surface area contributed by atoms with Crippen molar-refractivity contribution in [2.75, 3.05) is 64.4 Å². The Balaban J connectivity index is 1.66. The number of ether oxygens (including phenoxy) is 1. The molecule has 0 atom stereocenters. The SMILES string of the molecule is CCCCOCCCNC(=NC)NCc1ccc(N2CCN(CC)CC2)nc1. The number of hydrogen-bond acceptors (Lipinski definition) is 5. The molecule has 0 saturated carbocycles. The number of pyridine rings is 1. The quantitative estimate of drug-likeness (QED) is 0.343. The summed E-state index contributed by atoms with van der Waals surface area (Å²) in [6.45, 7) is 13.1. The van der Waals surface area contributed by atoms with Gasteiger partial charge in [0, 0.05) is 65.7 Å². The number of nitrogens with zero attached hydrogens (tertiary/aromatic N) is 4. The molecule has 158 valence electrons. The van der Waals surface area contributed by atoms with Crippen LogP contribution in [0.25, 0.3) is 0 Å². The molecule has 0 aromatic carbocycles. The van der Waals surface area contributed by atoms with E-state index in [1.807, 2.05) is 6.20 Å². The molecule has 2 N–H and O–H groups in total. The van der Waals surface area contributed by atoms with Gasteiger partial charge in [-0.1, -0.05) is 26.3 Å². The van der Waals surface area contributed by atoms with Crippen LogP contribution in [0, 0.1) is 0 Å². The predicted octanol–water partition coefficient (Wildman–Crippen LogP) is 2.10. The van der Waals surface area contributed by atoms with Gasteiger partial charge in [0.2, 0.25) is 0 Å². The lowest BCUT2D eigenvalue weighted by Gasteiger charge is -2.34. The van der Waals surface area contributed by atoms with Crippen molar-refractivity contribution >= 4 is 11.8 Å². The number of nitrogens with one attached hydrogen (secondary N) is 2. The first-order valence-electron chi connectivity index (χ1n) is 10.7. The Hall–Kier alpha value is -1.86. The molecular formula is C21H38N6O. The van der Waals surface area contributed by atoms with Crippen molar-refractivity contribution in [1.29, 1.82) is 0 Å². The maximum absolute atomic E-state index is 5.58. The van der Waals surface area contributed by atoms with E-state index in [2.05, 4.69) is 56.4 Å². The summed E-state index contributed by atoms with van der Waals surface area (Å²) in [7, 11) is 1.80. The lowest BCUT2D eigenvalue weighted by Crippen LogP contribution is -2.46. The van der Waals surface area contributed by atoms with Crippen LogP contribution >= 0.6 is 0 Å². The Morgan fingerprint density at radius 1 is 1.11 bits per heavy atom. The maximum Gasteiger partial charge on any atom is 0.191 e. The van der Waals surface area contributed by atoms with Gasteiger partial charge in [0.05, 0.1) is 0 Å². The van der Waals surface area contributed by atoms with Gasteiger partial charge in [-0.3, -0.25) is 4.99 Å². The smallest absolute Gasteiger partial charge is 0.191 e. The molecular weight excluding hydrogens is 352 g/mol. The number of guanidine groups is 1. The van der Waals surface area contributed by atoms with Crippen molar-refractivity contribution in [1.82, 2.24) is 20.5 Å². The minimum atomic E-state index is 0.712. The van der Waals surface area contributed by atoms with Gasteiger partial charge in [-0.05, 0) is 31.0 Å². The van der Waals surface area contributed by atoms with E-state index >= 15 is 0 Å². The van der Waals surface area contributed by atoms with Crippen LogP contribution in [-0.2, 0) is 11.3 Å². The molecule has 2 rings (SSSR count). The minimum absolute atomic E-state index is 0.712. The van der Waals surface area contributed by atoms with Crippen LogP contribution in [0.2, 0.25) is 0 Å². The number of aliphatic imine (C=N–C) groups is 1. The Kier molecular flexibility index (Phi) is 10.7. The van der Waals surface area contributed by atoms with Gasteiger partial charge in [0.15, 0.2) is 5.96 Å². The fraction of sp³-hybridized carbons (Fsp3) is 0.714. The molecule has 1 aromatic rings. The summed E-state index contributed by atoms with van der Waals surface area (Å²) in [5.74, 6) is 1.89. The monoisotopic (exact) mass is 390 g/mol. The minimum Gasteiger partial charge on any atom is -0.381 e. The van der Waals surface area contributed by atoms with Gasteiger partial charge in [0.1, 0.15) is 5.82 Å². The fourth-order valence-electron chi connectivity index (χ4n) is 3.14. The average Bonchev–Trinajstić information content (AvgIpc) is 2.75. The zero-order valence-corrected chi connectivity index (χ0v) is 17.9. The van der Waals surface area contributed by atoms with Crippen molar-refractivity contribution in [3.8, 4) is 0 Å². The van der Waals surface area contributed by atoms with Gasteiger partial charge in [0.25, 0.3) is 0 Å². The molecule has 1 saturated heterocycles. The van der Waals surface area contributed by atoms with E-state index in [9.17, 15) is 0 Å². The number of hydrogen-bond donors (Lipinski definition) is 2. The zero-order valence-electron chi connectivity index (χ0n) is 17.9. The first kappa shape index (κ1) is 22.4. The highest BCUT2D eigenvalue weighted by Crippen LogP contribution is 2.14. The Labute approximate surface area is 170 Å². The molecule has 7 nitrogen and oxygen atoms in total. The summed E-state index contributed by atoms with van der Waals surface area (Å²) >= 11 is 0. The number of anilines is 1. The Morgan fingerprint density at radius 3 is 2.54 bits per heavy atom. The molecule has 0 radical (unpaired) electrons. The molecule has 2 heterocycles. The van der Waals surface area contributed by atoms with E-state index in [4.69, 9.17) is 4.74 Å². The van der Waals surface area contributed by atoms with Gasteiger partial charge in [-0.2, -0.15) is 0 Å². The molecule has 1 fully saturated rings. The highest BCUT2D eigenvalue weighted by atomic mass is 16.5. The third-order valence-electron chi connectivity index (χ3n) is 5.04. The van der Waals surface area contributed by atoms with Gasteiger partial charge in [-0.25, -0.2) is 4.98 Å². The molecule has 0 bridgehead atoms. The molecule has 1 aromatic heterocycles. The predicted molar refractivity (Wildman–Crippen MR) is 117 cm³/mol. The highest BCUT2D eigenvalue weighted by Gasteiger charge is 2.16. The largest absolute Gasteiger partial charge is 0.381 e. The molecule has 1 aliphatic heterocycles. The average molecular weight is 391 g/mol. The highest BCUT2D eigenvalue weighted by molar-refractivity contribution is 5.79. The summed E-state index contributed by atoms with van der Waals surface area (Å²) in [6.07, 6.45) is 5.26. The third kappa shape index (κ3) is 8.02. The number of aromatic nitrogens is 1. The van der Waals surface area contributed by atoms with E-state index in [1.54, 1.807) is 7.05 Å². The van der Waals surface area contributed by atoms with Crippen molar-refractivity contribution < 1.29 is 4.74 Å². The summed E-state index contributed by atoms with van der Waals surface area (Å²) in [6, 6.07) is 4.28. The molecule has 28 heavy (non-hydrogen) atoms. The van der Waals surface area contributed by atoms with E-state index in [0.717, 1.165) is 82.7 Å². The Bertz CT molecular complexity index is 555. The van der Waals surface area contributed by atoms with Crippen LogP contribution < -0.4 is 15.5 Å². The summed E-state index contributed by atoms with van der Waals surface area (Å²) in [5.41, 5.74) is 1.15. The molecule has 0 spiro atoms. The summed E-state index contributed by atoms with van der Waals surface area (Å²) < 4.78 is 5.58. The van der Waals surface area contributed by atoms with Gasteiger partial charge < -0.3 is 25.2 Å². The van der Waals surface area contributed by atoms with E-state index < -0.39 is 0 Å². The van der Waals surface area contributed by atoms with Gasteiger partial charge in [-0.15, -0.1) is 0 Å². The van der Waals surface area contributed by atoms with E-state index in [1.165, 1.54) is 6.42 Å². The normalized spacial score (nSPS) is 15.7. The van der Waals surface area contributed by atoms with Crippen LogP contribution in [0.5, 0.6) is 0 Å². The number of piperazine rings is 1. The molecule has 0 aliphatic carbocycles. The second-order valence-corrected chi connectivity index (χ2v) is 7.12. The van der Waals surface area contributed by atoms with Crippen molar-refractivity contribution in [3.63, 3.8) is 0 Å². The first-order valence-corrected chi connectivity index (χ1v) is 10.7. The molecule has 0 amide bonds. The van der Waals surface area contributed by atoms with Gasteiger partial charge >= 0.3 is 0 Å². The summed E-state index contributed by atoms with van der Waals surface area (Å²) in [5, 5.41) is 6.68. The molecule has 7 heteroatoms. The van der Waals surface area contributed by atoms with Crippen molar-refractivity contribution in [2.24, 2.45) is 4.99 Å². The van der Waals surface area contributed by atoms with Crippen molar-refractivity contribution in [2.45, 2.75) is 39.7 Å². The van der Waals surface area contributed by atoms with Crippen LogP contribution in [-0.4, -0.2) is 75.4 Å². The number of unbranched alkanes of at least 4 members (excludes halogenated alkanes) is 1. The Morgan fingerprint density at radius 2 is 1.89 bits per heavy atom. The lowest BCUT2D eigenvalue weighted by molar-refractivity contribution is 0.129.